The molecule has 0 aromatic heterocycles. The van der Waals surface area contributed by atoms with Crippen molar-refractivity contribution in [2.24, 2.45) is 0 Å². The predicted molar refractivity (Wildman–Crippen MR) is 246 cm³/mol. The van der Waals surface area contributed by atoms with Gasteiger partial charge in [0.1, 0.15) is 0 Å². The van der Waals surface area contributed by atoms with E-state index in [4.69, 9.17) is 0 Å². The van der Waals surface area contributed by atoms with E-state index >= 15 is 0 Å². The summed E-state index contributed by atoms with van der Waals surface area (Å²) in [5.74, 6) is 0. The zero-order valence-corrected chi connectivity index (χ0v) is 31.9. The number of fused-ring (bicyclic) bond motifs is 4. The molecule has 0 heterocycles. The van der Waals surface area contributed by atoms with E-state index in [9.17, 15) is 0 Å². The second-order valence-corrected chi connectivity index (χ2v) is 15.1. The van der Waals surface area contributed by atoms with E-state index in [0.717, 1.165) is 0 Å². The van der Waals surface area contributed by atoms with Crippen LogP contribution in [0.1, 0.15) is 33.4 Å². The molecule has 0 saturated heterocycles. The van der Waals surface area contributed by atoms with Gasteiger partial charge < -0.3 is 0 Å². The van der Waals surface area contributed by atoms with E-state index < -0.39 is 0 Å². The number of benzene rings is 9. The quantitative estimate of drug-likeness (QED) is 0.153. The normalized spacial score (nSPS) is 13.3. The van der Waals surface area contributed by atoms with Crippen LogP contribution in [0, 0.1) is 0 Å². The second-order valence-electron chi connectivity index (χ2n) is 15.1. The molecule has 9 aromatic carbocycles. The van der Waals surface area contributed by atoms with Gasteiger partial charge in [-0.3, -0.25) is 0 Å². The minimum atomic E-state index is 1.20. The van der Waals surface area contributed by atoms with Crippen molar-refractivity contribution in [2.45, 2.75) is 0 Å². The zero-order chi connectivity index (χ0) is 38.4. The first-order valence-electron chi connectivity index (χ1n) is 20.1. The molecule has 2 aliphatic rings. The van der Waals surface area contributed by atoms with Crippen molar-refractivity contribution in [1.29, 1.82) is 0 Å². The van der Waals surface area contributed by atoms with Crippen LogP contribution < -0.4 is 0 Å². The highest BCUT2D eigenvalue weighted by atomic mass is 14.4. The predicted octanol–water partition coefficient (Wildman–Crippen LogP) is 15.2. The summed E-state index contributed by atoms with van der Waals surface area (Å²) in [4.78, 5) is 0. The van der Waals surface area contributed by atoms with Crippen LogP contribution in [0.5, 0.6) is 0 Å². The minimum absolute atomic E-state index is 1.20. The van der Waals surface area contributed by atoms with Crippen molar-refractivity contribution in [3.05, 3.63) is 269 Å². The number of rotatable bonds is 7. The summed E-state index contributed by atoms with van der Waals surface area (Å²) in [7, 11) is 0. The van der Waals surface area contributed by atoms with E-state index in [1.54, 1.807) is 0 Å². The van der Waals surface area contributed by atoms with Crippen LogP contribution in [-0.4, -0.2) is 0 Å². The Kier molecular flexibility index (Phi) is 8.26. The van der Waals surface area contributed by atoms with E-state index in [-0.39, 0.29) is 0 Å². The largest absolute Gasteiger partial charge is 0.0622 e. The first-order valence-corrected chi connectivity index (χ1v) is 20.1. The molecule has 0 bridgehead atoms. The van der Waals surface area contributed by atoms with Crippen LogP contribution in [-0.2, 0) is 0 Å². The molecule has 0 fully saturated rings. The monoisotopic (exact) mass is 734 g/mol. The molecule has 11 rings (SSSR count). The Labute approximate surface area is 340 Å². The molecule has 0 radical (unpaired) electrons. The van der Waals surface area contributed by atoms with Crippen LogP contribution in [0.2, 0.25) is 0 Å². The molecule has 0 spiro atoms. The van der Waals surface area contributed by atoms with Gasteiger partial charge in [-0.15, -0.1) is 0 Å². The van der Waals surface area contributed by atoms with Crippen LogP contribution in [0.15, 0.2) is 236 Å². The maximum absolute atomic E-state index is 2.49. The summed E-state index contributed by atoms with van der Waals surface area (Å²) in [5, 5.41) is 2.48. The Morgan fingerprint density at radius 2 is 0.534 bits per heavy atom. The third-order valence-corrected chi connectivity index (χ3v) is 11.8. The summed E-state index contributed by atoms with van der Waals surface area (Å²) in [5.41, 5.74) is 22.3. The Balaban J connectivity index is 1.32. The lowest BCUT2D eigenvalue weighted by molar-refractivity contribution is 1.51. The van der Waals surface area contributed by atoms with E-state index in [0.29, 0.717) is 0 Å². The average Bonchev–Trinajstić information content (AvgIpc) is 3.82. The van der Waals surface area contributed by atoms with Gasteiger partial charge in [-0.05, 0) is 129 Å². The summed E-state index contributed by atoms with van der Waals surface area (Å²) in [6.07, 6.45) is 0. The van der Waals surface area contributed by atoms with Crippen molar-refractivity contribution in [2.75, 3.05) is 0 Å². The fourth-order valence-electron chi connectivity index (χ4n) is 9.28. The minimum Gasteiger partial charge on any atom is -0.0622 e. The average molecular weight is 735 g/mol. The van der Waals surface area contributed by atoms with Crippen molar-refractivity contribution < 1.29 is 0 Å². The lowest BCUT2D eigenvalue weighted by Gasteiger charge is -2.20. The Bertz CT molecular complexity index is 3090. The first kappa shape index (κ1) is 33.8. The van der Waals surface area contributed by atoms with Crippen molar-refractivity contribution in [3.63, 3.8) is 0 Å². The Hall–Kier alpha value is -7.54. The maximum atomic E-state index is 2.49. The standard InChI is InChI=1S/C58H38/c1-6-21-40(22-7-1)49-37-51-52(38-50(49)41-23-8-2-9-24-41)57-56(48-33-19-18-32-47(48)46-35-34-39-20-16-17-31-45(39)36-46)54(43-27-12-4-13-28-43)55(44-29-14-5-15-30-44)58(57)53(51)42-25-10-3-11-26-42/h1-38H. The highest BCUT2D eigenvalue weighted by Crippen LogP contribution is 2.63. The molecule has 0 nitrogen and oxygen atoms in total. The molecule has 2 aliphatic carbocycles. The van der Waals surface area contributed by atoms with Crippen molar-refractivity contribution in [3.8, 4) is 33.4 Å². The highest BCUT2D eigenvalue weighted by Gasteiger charge is 2.41. The molecule has 270 valence electrons. The smallest absolute Gasteiger partial charge is 0.000137 e. The molecular formula is C58H38. The Morgan fingerprint density at radius 3 is 1.07 bits per heavy atom. The molecular weight excluding hydrogens is 697 g/mol. The van der Waals surface area contributed by atoms with Crippen molar-refractivity contribution >= 4 is 38.6 Å². The van der Waals surface area contributed by atoms with Gasteiger partial charge in [0, 0.05) is 0 Å². The van der Waals surface area contributed by atoms with Crippen molar-refractivity contribution in [1.82, 2.24) is 0 Å². The summed E-state index contributed by atoms with van der Waals surface area (Å²) in [6.45, 7) is 0. The third kappa shape index (κ3) is 5.61. The summed E-state index contributed by atoms with van der Waals surface area (Å²) >= 11 is 0. The van der Waals surface area contributed by atoms with Gasteiger partial charge in [0.05, 0.1) is 0 Å². The van der Waals surface area contributed by atoms with Gasteiger partial charge in [0.2, 0.25) is 0 Å². The topological polar surface area (TPSA) is 0 Å². The third-order valence-electron chi connectivity index (χ3n) is 11.8. The molecule has 0 aliphatic heterocycles. The molecule has 9 aromatic rings. The van der Waals surface area contributed by atoms with Crippen LogP contribution in [0.3, 0.4) is 0 Å². The summed E-state index contributed by atoms with van der Waals surface area (Å²) < 4.78 is 0. The molecule has 0 unspecified atom stereocenters. The van der Waals surface area contributed by atoms with Crippen LogP contribution in [0.4, 0.5) is 0 Å². The van der Waals surface area contributed by atoms with E-state index in [1.165, 1.54) is 111 Å². The first-order chi connectivity index (χ1) is 28.8. The van der Waals surface area contributed by atoms with Crippen LogP contribution in [0.25, 0.3) is 72.0 Å². The van der Waals surface area contributed by atoms with Gasteiger partial charge in [-0.1, -0.05) is 212 Å². The molecule has 0 amide bonds. The van der Waals surface area contributed by atoms with Gasteiger partial charge in [-0.2, -0.15) is 0 Å². The fraction of sp³-hybridized carbons (Fsp3) is 0. The molecule has 0 N–H and O–H groups in total. The molecule has 0 atom stereocenters. The molecule has 58 heavy (non-hydrogen) atoms. The number of allylic oxidation sites excluding steroid dienone is 5. The molecule has 0 heteroatoms. The lowest BCUT2D eigenvalue weighted by Crippen LogP contribution is -1.98. The van der Waals surface area contributed by atoms with Gasteiger partial charge in [0.15, 0.2) is 0 Å². The SMILES string of the molecule is c1ccc(C2=C(c3ccccc3)C(c3ccccc3-c3ccc4ccccc4c3)=C3C2=C(c2ccccc2)c2cc(-c4ccccc4)c(-c4ccccc4)cc23)cc1. The van der Waals surface area contributed by atoms with E-state index in [2.05, 4.69) is 231 Å². The van der Waals surface area contributed by atoms with Gasteiger partial charge >= 0.3 is 0 Å². The highest BCUT2D eigenvalue weighted by molar-refractivity contribution is 6.40. The number of hydrogen-bond donors (Lipinski definition) is 0. The maximum Gasteiger partial charge on any atom is -0.000137 e. The summed E-state index contributed by atoms with van der Waals surface area (Å²) in [6, 6.07) is 84.5. The molecule has 0 saturated carbocycles. The lowest BCUT2D eigenvalue weighted by atomic mass is 9.83. The van der Waals surface area contributed by atoms with Crippen LogP contribution >= 0.6 is 0 Å². The fourth-order valence-corrected chi connectivity index (χ4v) is 9.28. The van der Waals surface area contributed by atoms with Gasteiger partial charge in [-0.25, -0.2) is 0 Å². The van der Waals surface area contributed by atoms with E-state index in [1.807, 2.05) is 0 Å². The Morgan fingerprint density at radius 1 is 0.155 bits per heavy atom. The number of hydrogen-bond acceptors (Lipinski definition) is 0. The zero-order valence-electron chi connectivity index (χ0n) is 31.9. The van der Waals surface area contributed by atoms with Gasteiger partial charge in [0.25, 0.3) is 0 Å². The second kappa shape index (κ2) is 14.2.